The minimum atomic E-state index is 0.950. The number of rotatable bonds is 9. The lowest BCUT2D eigenvalue weighted by Gasteiger charge is -2.11. The number of aryl methyl sites for hydroxylation is 2. The molecule has 0 saturated heterocycles. The lowest BCUT2D eigenvalue weighted by molar-refractivity contribution is 1.42. The average molecular weight is 479 g/mol. The highest BCUT2D eigenvalue weighted by molar-refractivity contribution is 8.08. The zero-order valence-electron chi connectivity index (χ0n) is 19.8. The zero-order valence-corrected chi connectivity index (χ0v) is 21.4. The molecule has 0 atom stereocenters. The molecule has 4 rings (SSSR count). The molecule has 34 heavy (non-hydrogen) atoms. The van der Waals surface area contributed by atoms with Crippen molar-refractivity contribution in [1.29, 1.82) is 0 Å². The molecule has 0 aliphatic heterocycles. The molecule has 4 aromatic rings. The topological polar surface area (TPSA) is 0 Å². The van der Waals surface area contributed by atoms with Crippen LogP contribution < -0.4 is 0 Å². The molecule has 0 aliphatic rings. The normalized spacial score (nSPS) is 12.1. The van der Waals surface area contributed by atoms with Crippen molar-refractivity contribution in [2.75, 3.05) is 0 Å². The van der Waals surface area contributed by atoms with Gasteiger partial charge < -0.3 is 0 Å². The van der Waals surface area contributed by atoms with Crippen molar-refractivity contribution in [2.24, 2.45) is 0 Å². The Labute approximate surface area is 212 Å². The summed E-state index contributed by atoms with van der Waals surface area (Å²) in [6, 6.07) is 39.1. The maximum absolute atomic E-state index is 2.30. The third-order valence-electron chi connectivity index (χ3n) is 5.53. The van der Waals surface area contributed by atoms with E-state index in [0.29, 0.717) is 0 Å². The Morgan fingerprint density at radius 2 is 0.853 bits per heavy atom. The van der Waals surface area contributed by atoms with Crippen LogP contribution in [0.5, 0.6) is 0 Å². The Kier molecular flexibility index (Phi) is 8.90. The molecule has 0 aliphatic carbocycles. The van der Waals surface area contributed by atoms with Crippen LogP contribution in [0.3, 0.4) is 0 Å². The summed E-state index contributed by atoms with van der Waals surface area (Å²) in [6.07, 6.45) is 4.59. The third kappa shape index (κ3) is 7.28. The van der Waals surface area contributed by atoms with Crippen LogP contribution in [0.4, 0.5) is 0 Å². The molecule has 0 radical (unpaired) electrons. The van der Waals surface area contributed by atoms with E-state index in [1.54, 1.807) is 0 Å². The molecule has 0 amide bonds. The Morgan fingerprint density at radius 1 is 0.500 bits per heavy atom. The smallest absolute Gasteiger partial charge is 0.0232 e. The molecule has 0 bridgehead atoms. The second-order valence-corrected chi connectivity index (χ2v) is 10.4. The first-order chi connectivity index (χ1) is 16.7. The number of allylic oxidation sites excluding steroid dienone is 2. The van der Waals surface area contributed by atoms with Gasteiger partial charge in [-0.15, -0.1) is 23.5 Å². The molecular formula is C32H30S2. The fourth-order valence-electron chi connectivity index (χ4n) is 3.51. The van der Waals surface area contributed by atoms with Crippen molar-refractivity contribution >= 4 is 33.3 Å². The van der Waals surface area contributed by atoms with Crippen LogP contribution in [0.15, 0.2) is 121 Å². The summed E-state index contributed by atoms with van der Waals surface area (Å²) in [7, 11) is 0. The van der Waals surface area contributed by atoms with Crippen LogP contribution in [0.1, 0.15) is 33.4 Å². The van der Waals surface area contributed by atoms with Crippen molar-refractivity contribution in [3.05, 3.63) is 155 Å². The molecule has 0 aromatic heterocycles. The zero-order chi connectivity index (χ0) is 23.6. The molecule has 0 N–H and O–H groups in total. The largest absolute Gasteiger partial charge is 0.121 e. The first-order valence-electron chi connectivity index (χ1n) is 11.6. The van der Waals surface area contributed by atoms with E-state index in [0.717, 1.165) is 11.5 Å². The molecule has 170 valence electrons. The highest BCUT2D eigenvalue weighted by Crippen LogP contribution is 2.35. The summed E-state index contributed by atoms with van der Waals surface area (Å²) >= 11 is 3.79. The SMILES string of the molecule is Cc1ccc(/C(=C/C=C(\SCc2ccccc2)c2ccc(C)cc2)SCc2ccccc2)cc1. The van der Waals surface area contributed by atoms with Gasteiger partial charge in [-0.3, -0.25) is 0 Å². The second kappa shape index (κ2) is 12.5. The van der Waals surface area contributed by atoms with Crippen molar-refractivity contribution in [2.45, 2.75) is 25.4 Å². The summed E-state index contributed by atoms with van der Waals surface area (Å²) in [4.78, 5) is 2.57. The lowest BCUT2D eigenvalue weighted by atomic mass is 10.1. The van der Waals surface area contributed by atoms with Gasteiger partial charge in [0.15, 0.2) is 0 Å². The Bertz CT molecular complexity index is 1120. The molecular weight excluding hydrogens is 448 g/mol. The minimum Gasteiger partial charge on any atom is -0.121 e. The number of hydrogen-bond acceptors (Lipinski definition) is 2. The van der Waals surface area contributed by atoms with Gasteiger partial charge in [0.2, 0.25) is 0 Å². The third-order valence-corrected chi connectivity index (χ3v) is 7.85. The standard InChI is InChI=1S/C32H30S2/c1-25-13-17-29(18-14-25)31(33-23-27-9-5-3-6-10-27)21-22-32(30-19-15-26(2)16-20-30)34-24-28-11-7-4-8-12-28/h3-22H,23-24H2,1-2H3/b31-21-,32-22-. The molecule has 0 spiro atoms. The van der Waals surface area contributed by atoms with E-state index in [-0.39, 0.29) is 0 Å². The van der Waals surface area contributed by atoms with E-state index in [2.05, 4.69) is 135 Å². The summed E-state index contributed by atoms with van der Waals surface area (Å²) in [5, 5.41) is 0. The highest BCUT2D eigenvalue weighted by atomic mass is 32.2. The monoisotopic (exact) mass is 478 g/mol. The van der Waals surface area contributed by atoms with E-state index < -0.39 is 0 Å². The Hall–Kier alpha value is -2.94. The van der Waals surface area contributed by atoms with Crippen molar-refractivity contribution in [3.8, 4) is 0 Å². The molecule has 0 saturated carbocycles. The predicted octanol–water partition coefficient (Wildman–Crippen LogP) is 9.55. The Balaban J connectivity index is 1.64. The maximum Gasteiger partial charge on any atom is 0.0232 e. The molecule has 2 heteroatoms. The Morgan fingerprint density at radius 3 is 1.21 bits per heavy atom. The first kappa shape index (κ1) is 24.2. The van der Waals surface area contributed by atoms with Crippen LogP contribution in [-0.4, -0.2) is 0 Å². The van der Waals surface area contributed by atoms with Crippen molar-refractivity contribution < 1.29 is 0 Å². The number of thioether (sulfide) groups is 2. The van der Waals surface area contributed by atoms with Gasteiger partial charge in [-0.2, -0.15) is 0 Å². The molecule has 0 unspecified atom stereocenters. The average Bonchev–Trinajstić information content (AvgIpc) is 2.88. The van der Waals surface area contributed by atoms with Crippen molar-refractivity contribution in [3.63, 3.8) is 0 Å². The van der Waals surface area contributed by atoms with Gasteiger partial charge in [-0.1, -0.05) is 120 Å². The fourth-order valence-corrected chi connectivity index (χ4v) is 5.48. The summed E-state index contributed by atoms with van der Waals surface area (Å²) < 4.78 is 0. The van der Waals surface area contributed by atoms with E-state index in [1.165, 1.54) is 43.2 Å². The van der Waals surface area contributed by atoms with Crippen LogP contribution in [0, 0.1) is 13.8 Å². The van der Waals surface area contributed by atoms with Crippen LogP contribution >= 0.6 is 23.5 Å². The van der Waals surface area contributed by atoms with Gasteiger partial charge in [0, 0.05) is 21.3 Å². The first-order valence-corrected chi connectivity index (χ1v) is 13.5. The number of hydrogen-bond donors (Lipinski definition) is 0. The van der Waals surface area contributed by atoms with Crippen LogP contribution in [0.2, 0.25) is 0 Å². The van der Waals surface area contributed by atoms with Gasteiger partial charge in [-0.05, 0) is 48.3 Å². The van der Waals surface area contributed by atoms with E-state index in [9.17, 15) is 0 Å². The number of benzene rings is 4. The minimum absolute atomic E-state index is 0.950. The highest BCUT2D eigenvalue weighted by Gasteiger charge is 2.06. The van der Waals surface area contributed by atoms with Gasteiger partial charge in [0.05, 0.1) is 0 Å². The summed E-state index contributed by atoms with van der Waals surface area (Å²) in [6.45, 7) is 4.28. The van der Waals surface area contributed by atoms with Gasteiger partial charge in [0.1, 0.15) is 0 Å². The quantitative estimate of drug-likeness (QED) is 0.220. The second-order valence-electron chi connectivity index (χ2n) is 8.34. The molecule has 0 heterocycles. The summed E-state index contributed by atoms with van der Waals surface area (Å²) in [5.41, 5.74) is 7.77. The van der Waals surface area contributed by atoms with Crippen LogP contribution in [0.25, 0.3) is 9.81 Å². The molecule has 4 aromatic carbocycles. The summed E-state index contributed by atoms with van der Waals surface area (Å²) in [5.74, 6) is 1.90. The van der Waals surface area contributed by atoms with Crippen LogP contribution in [-0.2, 0) is 11.5 Å². The fraction of sp³-hybridized carbons (Fsp3) is 0.125. The van der Waals surface area contributed by atoms with E-state index >= 15 is 0 Å². The van der Waals surface area contributed by atoms with Gasteiger partial charge >= 0.3 is 0 Å². The van der Waals surface area contributed by atoms with Gasteiger partial charge in [0.25, 0.3) is 0 Å². The lowest BCUT2D eigenvalue weighted by Crippen LogP contribution is -1.86. The van der Waals surface area contributed by atoms with Crippen molar-refractivity contribution in [1.82, 2.24) is 0 Å². The molecule has 0 fully saturated rings. The maximum atomic E-state index is 2.30. The van der Waals surface area contributed by atoms with E-state index in [4.69, 9.17) is 0 Å². The van der Waals surface area contributed by atoms with E-state index in [1.807, 2.05) is 23.5 Å². The molecule has 0 nitrogen and oxygen atoms in total. The van der Waals surface area contributed by atoms with Gasteiger partial charge in [-0.25, -0.2) is 0 Å². The predicted molar refractivity (Wildman–Crippen MR) is 154 cm³/mol.